The maximum Gasteiger partial charge on any atom is 0.421 e. The van der Waals surface area contributed by atoms with Crippen LogP contribution in [0.1, 0.15) is 85.8 Å². The molecule has 1 saturated carbocycles. The maximum absolute atomic E-state index is 14.7. The number of hydrogen-bond donors (Lipinski definition) is 2. The van der Waals surface area contributed by atoms with Crippen LogP contribution in [0.15, 0.2) is 54.6 Å². The molecule has 2 aliphatic carbocycles. The number of fused-ring (bicyclic) bond motifs is 1. The van der Waals surface area contributed by atoms with Crippen molar-refractivity contribution in [2.24, 2.45) is 5.92 Å². The molecule has 3 heterocycles. The van der Waals surface area contributed by atoms with Crippen LogP contribution in [-0.4, -0.2) is 64.6 Å². The first kappa shape index (κ1) is 40.5. The minimum absolute atomic E-state index is 0.0526. The van der Waals surface area contributed by atoms with Gasteiger partial charge in [0.25, 0.3) is 0 Å². The summed E-state index contributed by atoms with van der Waals surface area (Å²) in [5, 5.41) is 13.9. The molecule has 14 heteroatoms. The first-order chi connectivity index (χ1) is 27.3. The molecule has 3 atom stereocenters. The van der Waals surface area contributed by atoms with Gasteiger partial charge in [0.2, 0.25) is 17.6 Å². The summed E-state index contributed by atoms with van der Waals surface area (Å²) in [6.07, 6.45) is -0.610. The highest BCUT2D eigenvalue weighted by Crippen LogP contribution is 2.46. The van der Waals surface area contributed by atoms with Crippen molar-refractivity contribution >= 4 is 23.4 Å². The average Bonchev–Trinajstić information content (AvgIpc) is 3.81. The zero-order valence-corrected chi connectivity index (χ0v) is 32.9. The molecular weight excluding hydrogens is 761 g/mol. The Morgan fingerprint density at radius 3 is 2.42 bits per heavy atom. The van der Waals surface area contributed by atoms with Gasteiger partial charge >= 0.3 is 12.1 Å². The number of nitrogens with one attached hydrogen (secondary N) is 1. The predicted molar refractivity (Wildman–Crippen MR) is 209 cm³/mol. The second-order valence-electron chi connectivity index (χ2n) is 15.3. The molecular formula is C43H46ClF3N4O6. The number of alkyl halides is 3. The predicted octanol–water partition coefficient (Wildman–Crippen LogP) is 8.85. The smallest absolute Gasteiger partial charge is 0.421 e. The van der Waals surface area contributed by atoms with E-state index in [2.05, 4.69) is 10.3 Å². The molecule has 3 aliphatic rings. The van der Waals surface area contributed by atoms with Crippen LogP contribution in [0.25, 0.3) is 22.4 Å². The fourth-order valence-corrected chi connectivity index (χ4v) is 8.78. The zero-order chi connectivity index (χ0) is 40.5. The van der Waals surface area contributed by atoms with Crippen LogP contribution < -0.4 is 19.5 Å². The minimum atomic E-state index is -4.80. The van der Waals surface area contributed by atoms with Crippen LogP contribution in [0.5, 0.6) is 17.6 Å². The molecule has 0 amide bonds. The van der Waals surface area contributed by atoms with Crippen molar-refractivity contribution in [2.75, 3.05) is 27.3 Å². The third-order valence-electron chi connectivity index (χ3n) is 11.7. The van der Waals surface area contributed by atoms with E-state index in [0.717, 1.165) is 53.3 Å². The summed E-state index contributed by atoms with van der Waals surface area (Å²) in [5.41, 5.74) is 3.27. The highest BCUT2D eigenvalue weighted by molar-refractivity contribution is 6.36. The molecule has 2 fully saturated rings. The first-order valence-electron chi connectivity index (χ1n) is 19.3. The quantitative estimate of drug-likeness (QED) is 0.136. The fourth-order valence-electron chi connectivity index (χ4n) is 8.45. The molecule has 2 aromatic carbocycles. The number of ether oxygens (including phenoxy) is 3. The lowest BCUT2D eigenvalue weighted by atomic mass is 9.88. The molecule has 4 aromatic rings. The number of aromatic nitrogens is 2. The molecule has 1 aliphatic heterocycles. The minimum Gasteiger partial charge on any atom is -0.481 e. The van der Waals surface area contributed by atoms with E-state index < -0.39 is 35.2 Å². The molecule has 57 heavy (non-hydrogen) atoms. The standard InChI is InChI=1S/C43H46ClF3N4O6/c1-42(41(53)54)18-4-5-19-51(42)24-27-21-34(43(45,46)47)40(50-39(27)56-3)57-36-17-15-30-29(8-6-9-31(30)36)32-10-7-11-33(37(32)44)35-16-13-26(38(49-35)55-2)23-48-22-25-12-14-28(52)20-25/h6-11,13,16,21,25,36,48H,4-5,12,14-15,17-20,22-24H2,1-3H3,(H,53,54)/t25-,36+,42+/m1/s1. The lowest BCUT2D eigenvalue weighted by Gasteiger charge is -2.41. The Morgan fingerprint density at radius 2 is 1.70 bits per heavy atom. The Bertz CT molecular complexity index is 2170. The number of hydrogen-bond acceptors (Lipinski definition) is 9. The number of rotatable bonds is 13. The van der Waals surface area contributed by atoms with Crippen LogP contribution in [0, 0.1) is 5.92 Å². The second kappa shape index (κ2) is 16.6. The van der Waals surface area contributed by atoms with Crippen molar-refractivity contribution in [1.29, 1.82) is 0 Å². The zero-order valence-electron chi connectivity index (χ0n) is 32.2. The average molecular weight is 807 g/mol. The molecule has 0 unspecified atom stereocenters. The topological polar surface area (TPSA) is 123 Å². The lowest BCUT2D eigenvalue weighted by molar-refractivity contribution is -0.153. The van der Waals surface area contributed by atoms with E-state index in [1.165, 1.54) is 7.11 Å². The van der Waals surface area contributed by atoms with Gasteiger partial charge in [0, 0.05) is 48.2 Å². The number of carbonyl (C=O) groups excluding carboxylic acids is 1. The van der Waals surface area contributed by atoms with E-state index in [-0.39, 0.29) is 18.0 Å². The summed E-state index contributed by atoms with van der Waals surface area (Å²) in [5.74, 6) is -0.552. The SMILES string of the molecule is COc1nc(-c2cccc(-c3cccc4c3CC[C@@H]4Oc3nc(OC)c(CN4CCCC[C@@]4(C)C(=O)O)cc3C(F)(F)F)c2Cl)ccc1CNC[C@@H]1CCC(=O)C1. The van der Waals surface area contributed by atoms with Crippen molar-refractivity contribution in [3.63, 3.8) is 0 Å². The van der Waals surface area contributed by atoms with Gasteiger partial charge < -0.3 is 24.6 Å². The van der Waals surface area contributed by atoms with E-state index in [9.17, 15) is 27.9 Å². The van der Waals surface area contributed by atoms with E-state index >= 15 is 0 Å². The summed E-state index contributed by atoms with van der Waals surface area (Å²) in [6.45, 7) is 3.22. The number of carbonyl (C=O) groups is 2. The fraction of sp³-hybridized carbons (Fsp3) is 0.442. The summed E-state index contributed by atoms with van der Waals surface area (Å²) >= 11 is 7.14. The van der Waals surface area contributed by atoms with Crippen LogP contribution in [0.3, 0.4) is 0 Å². The molecule has 302 valence electrons. The first-order valence-corrected chi connectivity index (χ1v) is 19.7. The molecule has 0 spiro atoms. The highest BCUT2D eigenvalue weighted by atomic mass is 35.5. The van der Waals surface area contributed by atoms with Crippen molar-refractivity contribution in [1.82, 2.24) is 20.2 Å². The Kier molecular flexibility index (Phi) is 11.8. The number of piperidine rings is 1. The number of nitrogens with zero attached hydrogens (tertiary/aromatic N) is 3. The molecule has 10 nitrogen and oxygen atoms in total. The molecule has 7 rings (SSSR count). The number of ketones is 1. The highest BCUT2D eigenvalue weighted by Gasteiger charge is 2.43. The third kappa shape index (κ3) is 8.33. The van der Waals surface area contributed by atoms with Crippen LogP contribution in [-0.2, 0) is 35.3 Å². The number of Topliss-reactive ketones (excluding diaryl/α,β-unsaturated/α-hetero) is 1. The maximum atomic E-state index is 14.7. The third-order valence-corrected chi connectivity index (χ3v) is 12.1. The van der Waals surface area contributed by atoms with Gasteiger partial charge in [-0.2, -0.15) is 18.2 Å². The monoisotopic (exact) mass is 806 g/mol. The molecule has 0 bridgehead atoms. The normalized spacial score (nSPS) is 21.1. The largest absolute Gasteiger partial charge is 0.481 e. The van der Waals surface area contributed by atoms with Crippen LogP contribution in [0.2, 0.25) is 5.02 Å². The number of aliphatic carboxylic acids is 1. The van der Waals surface area contributed by atoms with Gasteiger partial charge in [-0.05, 0) is 93.3 Å². The number of pyridine rings is 2. The van der Waals surface area contributed by atoms with E-state index in [1.807, 2.05) is 48.5 Å². The van der Waals surface area contributed by atoms with Gasteiger partial charge in [0.1, 0.15) is 23.0 Å². The van der Waals surface area contributed by atoms with Crippen molar-refractivity contribution < 1.29 is 42.1 Å². The number of carboxylic acids is 1. The van der Waals surface area contributed by atoms with E-state index in [4.69, 9.17) is 30.8 Å². The lowest BCUT2D eigenvalue weighted by Crippen LogP contribution is -2.54. The van der Waals surface area contributed by atoms with Crippen molar-refractivity contribution in [3.05, 3.63) is 87.4 Å². The number of benzene rings is 2. The Labute approximate surface area is 334 Å². The summed E-state index contributed by atoms with van der Waals surface area (Å²) in [4.78, 5) is 34.6. The van der Waals surface area contributed by atoms with Crippen molar-refractivity contribution in [3.8, 4) is 40.0 Å². The molecule has 1 saturated heterocycles. The van der Waals surface area contributed by atoms with Gasteiger partial charge in [0.05, 0.1) is 24.9 Å². The Hall–Kier alpha value is -4.72. The molecule has 2 aromatic heterocycles. The van der Waals surface area contributed by atoms with Crippen LogP contribution >= 0.6 is 11.6 Å². The molecule has 0 radical (unpaired) electrons. The van der Waals surface area contributed by atoms with E-state index in [1.54, 1.807) is 18.9 Å². The summed E-state index contributed by atoms with van der Waals surface area (Å²) in [7, 11) is 2.89. The second-order valence-corrected chi connectivity index (χ2v) is 15.7. The van der Waals surface area contributed by atoms with Gasteiger partial charge in [-0.15, -0.1) is 0 Å². The van der Waals surface area contributed by atoms with Gasteiger partial charge in [0.15, 0.2) is 0 Å². The van der Waals surface area contributed by atoms with Gasteiger partial charge in [-0.1, -0.05) is 54.1 Å². The van der Waals surface area contributed by atoms with E-state index in [0.29, 0.717) is 85.5 Å². The number of methoxy groups -OCH3 is 2. The van der Waals surface area contributed by atoms with Crippen LogP contribution in [0.4, 0.5) is 13.2 Å². The Balaban J connectivity index is 1.14. The summed E-state index contributed by atoms with van der Waals surface area (Å²) in [6, 6.07) is 16.1. The van der Waals surface area contributed by atoms with Crippen molar-refractivity contribution in [2.45, 2.75) is 89.2 Å². The van der Waals surface area contributed by atoms with Gasteiger partial charge in [-0.3, -0.25) is 14.5 Å². The number of halogens is 4. The number of carboxylic acid groups (broad SMARTS) is 1. The summed E-state index contributed by atoms with van der Waals surface area (Å²) < 4.78 is 61.3. The molecule has 2 N–H and O–H groups in total. The van der Waals surface area contributed by atoms with Gasteiger partial charge in [-0.25, -0.2) is 4.98 Å². The Morgan fingerprint density at radius 1 is 0.965 bits per heavy atom. The number of likely N-dealkylation sites (tertiary alicyclic amines) is 1.